The maximum absolute atomic E-state index is 12.7. The van der Waals surface area contributed by atoms with E-state index in [1.54, 1.807) is 12.1 Å². The van der Waals surface area contributed by atoms with Gasteiger partial charge < -0.3 is 20.3 Å². The fourth-order valence-corrected chi connectivity index (χ4v) is 5.29. The number of amides is 1. The van der Waals surface area contributed by atoms with Gasteiger partial charge in [0.05, 0.1) is 17.7 Å². The van der Waals surface area contributed by atoms with Crippen molar-refractivity contribution in [3.63, 3.8) is 0 Å². The molecule has 3 aromatic carbocycles. The SMILES string of the molecule is CCC(C)(C)OC(C(=O)O)c1c(C)cc2cc(C(N)=O)ccc2c1Cc1ccc2c3c(ccnc13)CCO2. The molecule has 5 rings (SSSR count). The molecule has 4 aromatic rings. The molecule has 1 unspecified atom stereocenters. The quantitative estimate of drug-likeness (QED) is 0.315. The minimum atomic E-state index is -1.17. The number of aromatic nitrogens is 1. The van der Waals surface area contributed by atoms with Gasteiger partial charge in [-0.15, -0.1) is 0 Å². The topological polar surface area (TPSA) is 112 Å². The predicted octanol–water partition coefficient (Wildman–Crippen LogP) is 5.65. The second-order valence-corrected chi connectivity index (χ2v) is 10.5. The molecule has 38 heavy (non-hydrogen) atoms. The Labute approximate surface area is 221 Å². The number of benzene rings is 3. The number of carbonyl (C=O) groups excluding carboxylic acids is 1. The first kappa shape index (κ1) is 25.7. The summed E-state index contributed by atoms with van der Waals surface area (Å²) < 4.78 is 12.2. The Morgan fingerprint density at radius 3 is 2.68 bits per heavy atom. The predicted molar refractivity (Wildman–Crippen MR) is 147 cm³/mol. The van der Waals surface area contributed by atoms with Crippen LogP contribution in [-0.2, 0) is 22.4 Å². The number of primary amides is 1. The molecule has 1 aliphatic rings. The summed E-state index contributed by atoms with van der Waals surface area (Å²) in [5, 5.41) is 13.0. The highest BCUT2D eigenvalue weighted by molar-refractivity contribution is 6.00. The Kier molecular flexibility index (Phi) is 6.57. The first-order chi connectivity index (χ1) is 18.1. The second-order valence-electron chi connectivity index (χ2n) is 10.5. The lowest BCUT2D eigenvalue weighted by atomic mass is 9.86. The van der Waals surface area contributed by atoms with Gasteiger partial charge in [0.1, 0.15) is 5.75 Å². The summed E-state index contributed by atoms with van der Waals surface area (Å²) in [6.45, 7) is 8.28. The summed E-state index contributed by atoms with van der Waals surface area (Å²) in [5.74, 6) is -0.748. The first-order valence-electron chi connectivity index (χ1n) is 12.9. The summed E-state index contributed by atoms with van der Waals surface area (Å²) in [4.78, 5) is 29.3. The molecule has 7 nitrogen and oxygen atoms in total. The zero-order chi connectivity index (χ0) is 27.2. The van der Waals surface area contributed by atoms with E-state index in [1.165, 1.54) is 5.56 Å². The van der Waals surface area contributed by atoms with Gasteiger partial charge in [-0.3, -0.25) is 9.78 Å². The number of fused-ring (bicyclic) bond motifs is 1. The first-order valence-corrected chi connectivity index (χ1v) is 12.9. The fourth-order valence-electron chi connectivity index (χ4n) is 5.29. The third-order valence-corrected chi connectivity index (χ3v) is 7.58. The van der Waals surface area contributed by atoms with Crippen LogP contribution in [0.2, 0.25) is 0 Å². The molecule has 0 spiro atoms. The standard InChI is InChI=1S/C31H32N2O5/c1-5-31(3,4)38-28(30(35)36)25-17(2)14-21-15-20(29(32)34)6-8-22(21)23(25)16-19-7-9-24-26-18(11-13-37-24)10-12-33-27(19)26/h6-10,12,14-15,28H,5,11,13,16H2,1-4H3,(H2,32,34)(H,35,36). The van der Waals surface area contributed by atoms with Gasteiger partial charge in [0.25, 0.3) is 0 Å². The summed E-state index contributed by atoms with van der Waals surface area (Å²) in [6, 6.07) is 13.2. The second kappa shape index (κ2) is 9.72. The van der Waals surface area contributed by atoms with Gasteiger partial charge in [-0.05, 0) is 90.0 Å². The number of nitrogens with zero attached hydrogens (tertiary/aromatic N) is 1. The van der Waals surface area contributed by atoms with Crippen molar-refractivity contribution < 1.29 is 24.2 Å². The molecule has 3 N–H and O–H groups in total. The average molecular weight is 513 g/mol. The van der Waals surface area contributed by atoms with E-state index >= 15 is 0 Å². The fraction of sp³-hybridized carbons (Fsp3) is 0.323. The Hall–Kier alpha value is -3.97. The summed E-state index contributed by atoms with van der Waals surface area (Å²) in [5.41, 5.74) is 10.5. The maximum Gasteiger partial charge on any atom is 0.337 e. The smallest absolute Gasteiger partial charge is 0.337 e. The highest BCUT2D eigenvalue weighted by atomic mass is 16.5. The molecule has 0 saturated heterocycles. The molecular formula is C31H32N2O5. The van der Waals surface area contributed by atoms with Crippen molar-refractivity contribution in [2.75, 3.05) is 6.61 Å². The van der Waals surface area contributed by atoms with Crippen LogP contribution in [0.25, 0.3) is 21.7 Å². The molecular weight excluding hydrogens is 480 g/mol. The van der Waals surface area contributed by atoms with Crippen molar-refractivity contribution in [2.45, 2.75) is 58.7 Å². The number of carboxylic acid groups (broad SMARTS) is 1. The molecule has 1 aromatic heterocycles. The highest BCUT2D eigenvalue weighted by Crippen LogP contribution is 2.39. The van der Waals surface area contributed by atoms with E-state index in [0.717, 1.165) is 50.5 Å². The van der Waals surface area contributed by atoms with Crippen molar-refractivity contribution in [1.29, 1.82) is 0 Å². The van der Waals surface area contributed by atoms with Crippen LogP contribution in [0.15, 0.2) is 48.7 Å². The lowest BCUT2D eigenvalue weighted by Gasteiger charge is -2.30. The molecule has 0 aliphatic carbocycles. The lowest BCUT2D eigenvalue weighted by molar-refractivity contribution is -0.162. The number of carbonyl (C=O) groups is 2. The van der Waals surface area contributed by atoms with E-state index in [1.807, 2.05) is 64.2 Å². The Balaban J connectivity index is 1.77. The van der Waals surface area contributed by atoms with Crippen LogP contribution in [0.3, 0.4) is 0 Å². The van der Waals surface area contributed by atoms with Gasteiger partial charge in [0, 0.05) is 30.0 Å². The van der Waals surface area contributed by atoms with Crippen molar-refractivity contribution >= 4 is 33.6 Å². The van der Waals surface area contributed by atoms with Crippen LogP contribution in [0.4, 0.5) is 0 Å². The van der Waals surface area contributed by atoms with Gasteiger partial charge >= 0.3 is 5.97 Å². The summed E-state index contributed by atoms with van der Waals surface area (Å²) in [7, 11) is 0. The molecule has 0 saturated carbocycles. The lowest BCUT2D eigenvalue weighted by Crippen LogP contribution is -2.30. The van der Waals surface area contributed by atoms with Crippen LogP contribution < -0.4 is 10.5 Å². The van der Waals surface area contributed by atoms with Crippen molar-refractivity contribution in [1.82, 2.24) is 4.98 Å². The monoisotopic (exact) mass is 512 g/mol. The van der Waals surface area contributed by atoms with E-state index in [4.69, 9.17) is 20.2 Å². The third kappa shape index (κ3) is 4.58. The van der Waals surface area contributed by atoms with Crippen LogP contribution in [0.1, 0.15) is 71.5 Å². The Morgan fingerprint density at radius 1 is 1.18 bits per heavy atom. The number of nitrogens with two attached hydrogens (primary N) is 1. The number of carboxylic acids is 1. The summed E-state index contributed by atoms with van der Waals surface area (Å²) in [6.07, 6.45) is 2.54. The third-order valence-electron chi connectivity index (χ3n) is 7.58. The van der Waals surface area contributed by atoms with Crippen molar-refractivity contribution in [3.8, 4) is 5.75 Å². The minimum absolute atomic E-state index is 0.397. The van der Waals surface area contributed by atoms with Gasteiger partial charge in [-0.25, -0.2) is 4.79 Å². The number of aliphatic carboxylic acids is 1. The molecule has 2 heterocycles. The van der Waals surface area contributed by atoms with Crippen LogP contribution in [0.5, 0.6) is 5.75 Å². The average Bonchev–Trinajstić information content (AvgIpc) is 2.89. The normalized spacial score (nSPS) is 13.9. The molecule has 7 heteroatoms. The number of rotatable bonds is 8. The van der Waals surface area contributed by atoms with Crippen molar-refractivity contribution in [3.05, 3.63) is 82.0 Å². The van der Waals surface area contributed by atoms with E-state index in [-0.39, 0.29) is 0 Å². The van der Waals surface area contributed by atoms with E-state index in [9.17, 15) is 14.7 Å². The van der Waals surface area contributed by atoms with Gasteiger partial charge in [-0.2, -0.15) is 0 Å². The zero-order valence-electron chi connectivity index (χ0n) is 22.1. The Morgan fingerprint density at radius 2 is 1.97 bits per heavy atom. The number of hydrogen-bond donors (Lipinski definition) is 2. The van der Waals surface area contributed by atoms with E-state index < -0.39 is 23.6 Å². The zero-order valence-corrected chi connectivity index (χ0v) is 22.1. The summed E-state index contributed by atoms with van der Waals surface area (Å²) >= 11 is 0. The molecule has 0 bridgehead atoms. The molecule has 1 amide bonds. The largest absolute Gasteiger partial charge is 0.493 e. The Bertz CT molecular complexity index is 1580. The highest BCUT2D eigenvalue weighted by Gasteiger charge is 2.32. The van der Waals surface area contributed by atoms with Crippen LogP contribution >= 0.6 is 0 Å². The van der Waals surface area contributed by atoms with Gasteiger partial charge in [0.2, 0.25) is 5.91 Å². The maximum atomic E-state index is 12.7. The molecule has 1 atom stereocenters. The molecule has 0 fully saturated rings. The number of aryl methyl sites for hydroxylation is 1. The molecule has 0 radical (unpaired) electrons. The van der Waals surface area contributed by atoms with Crippen molar-refractivity contribution in [2.24, 2.45) is 5.73 Å². The van der Waals surface area contributed by atoms with Gasteiger partial charge in [-0.1, -0.05) is 25.1 Å². The minimum Gasteiger partial charge on any atom is -0.493 e. The molecule has 1 aliphatic heterocycles. The van der Waals surface area contributed by atoms with E-state index in [2.05, 4.69) is 0 Å². The number of ether oxygens (including phenoxy) is 2. The van der Waals surface area contributed by atoms with E-state index in [0.29, 0.717) is 30.6 Å². The number of hydrogen-bond acceptors (Lipinski definition) is 5. The molecule has 196 valence electrons. The van der Waals surface area contributed by atoms with Crippen LogP contribution in [0, 0.1) is 6.92 Å². The number of pyridine rings is 1. The van der Waals surface area contributed by atoms with Gasteiger partial charge in [0.15, 0.2) is 6.10 Å². The van der Waals surface area contributed by atoms with Crippen LogP contribution in [-0.4, -0.2) is 34.2 Å².